The summed E-state index contributed by atoms with van der Waals surface area (Å²) in [5.74, 6) is 0.574. The zero-order valence-corrected chi connectivity index (χ0v) is 17.7. The lowest BCUT2D eigenvalue weighted by Crippen LogP contribution is -2.18. The Morgan fingerprint density at radius 2 is 1.83 bits per heavy atom. The fraction of sp³-hybridized carbons (Fsp3) is 0.0870. The molecular weight excluding hydrogens is 414 g/mol. The number of carbonyl (C=O) groups excluding carboxylic acids is 1. The van der Waals surface area contributed by atoms with Gasteiger partial charge in [-0.25, -0.2) is 4.98 Å². The highest BCUT2D eigenvalue weighted by atomic mass is 32.2. The van der Waals surface area contributed by atoms with Crippen LogP contribution in [0.2, 0.25) is 0 Å². The molecule has 0 saturated heterocycles. The number of aromatic nitrogens is 2. The van der Waals surface area contributed by atoms with E-state index in [2.05, 4.69) is 10.3 Å². The standard InChI is InChI=1S/C23H19N3O2S2/c27-22-7-3-4-12-26(22)13-17-8-10-18(11-9-17)25-23(28)20-5-1-2-6-21(20)30-15-19-14-29-16-24-19/h1-12,14,16H,13,15H2,(H,25,28). The molecule has 4 aromatic rings. The molecule has 0 atom stereocenters. The quantitative estimate of drug-likeness (QED) is 0.421. The molecule has 7 heteroatoms. The highest BCUT2D eigenvalue weighted by Gasteiger charge is 2.12. The first-order chi connectivity index (χ1) is 14.7. The largest absolute Gasteiger partial charge is 0.322 e. The molecule has 0 spiro atoms. The van der Waals surface area contributed by atoms with Crippen molar-refractivity contribution >= 4 is 34.7 Å². The third kappa shape index (κ3) is 5.06. The summed E-state index contributed by atoms with van der Waals surface area (Å²) in [5, 5.41) is 4.97. The van der Waals surface area contributed by atoms with E-state index in [4.69, 9.17) is 0 Å². The van der Waals surface area contributed by atoms with Crippen LogP contribution in [-0.4, -0.2) is 15.5 Å². The molecule has 30 heavy (non-hydrogen) atoms. The van der Waals surface area contributed by atoms with Gasteiger partial charge in [0.25, 0.3) is 11.5 Å². The van der Waals surface area contributed by atoms with Crippen molar-refractivity contribution in [3.05, 3.63) is 111 Å². The number of pyridine rings is 1. The summed E-state index contributed by atoms with van der Waals surface area (Å²) in [7, 11) is 0. The summed E-state index contributed by atoms with van der Waals surface area (Å²) in [4.78, 5) is 29.9. The van der Waals surface area contributed by atoms with Crippen LogP contribution in [0, 0.1) is 0 Å². The van der Waals surface area contributed by atoms with Gasteiger partial charge in [-0.3, -0.25) is 9.59 Å². The SMILES string of the molecule is O=C(Nc1ccc(Cn2ccccc2=O)cc1)c1ccccc1SCc1cscn1. The molecule has 0 aliphatic carbocycles. The van der Waals surface area contributed by atoms with Crippen LogP contribution in [0.1, 0.15) is 21.6 Å². The number of carbonyl (C=O) groups is 1. The normalized spacial score (nSPS) is 10.7. The average Bonchev–Trinajstić information content (AvgIpc) is 3.29. The molecule has 0 aliphatic rings. The Hall–Kier alpha value is -3.16. The van der Waals surface area contributed by atoms with E-state index in [-0.39, 0.29) is 11.5 Å². The van der Waals surface area contributed by atoms with Crippen LogP contribution in [0.25, 0.3) is 0 Å². The van der Waals surface area contributed by atoms with Crippen molar-refractivity contribution in [3.63, 3.8) is 0 Å². The second-order valence-corrected chi connectivity index (χ2v) is 8.32. The summed E-state index contributed by atoms with van der Waals surface area (Å²) in [6.45, 7) is 0.490. The molecule has 4 rings (SSSR count). The Morgan fingerprint density at radius 3 is 2.60 bits per heavy atom. The zero-order valence-electron chi connectivity index (χ0n) is 16.0. The van der Waals surface area contributed by atoms with Gasteiger partial charge in [0.1, 0.15) is 0 Å². The van der Waals surface area contributed by atoms with E-state index >= 15 is 0 Å². The Balaban J connectivity index is 1.43. The molecule has 2 aromatic heterocycles. The smallest absolute Gasteiger partial charge is 0.256 e. The van der Waals surface area contributed by atoms with Crippen molar-refractivity contribution in [2.24, 2.45) is 0 Å². The lowest BCUT2D eigenvalue weighted by atomic mass is 10.1. The van der Waals surface area contributed by atoms with E-state index in [1.54, 1.807) is 46.0 Å². The van der Waals surface area contributed by atoms with Gasteiger partial charge in [-0.1, -0.05) is 30.3 Å². The molecule has 0 saturated carbocycles. The molecule has 2 aromatic carbocycles. The van der Waals surface area contributed by atoms with Gasteiger partial charge >= 0.3 is 0 Å². The highest BCUT2D eigenvalue weighted by Crippen LogP contribution is 2.27. The molecule has 2 heterocycles. The van der Waals surface area contributed by atoms with Crippen LogP contribution in [0.15, 0.2) is 93.5 Å². The van der Waals surface area contributed by atoms with E-state index in [9.17, 15) is 9.59 Å². The minimum atomic E-state index is -0.150. The second-order valence-electron chi connectivity index (χ2n) is 6.58. The van der Waals surface area contributed by atoms with Crippen molar-refractivity contribution in [2.75, 3.05) is 5.32 Å². The molecule has 1 amide bonds. The van der Waals surface area contributed by atoms with Gasteiger partial charge in [-0.15, -0.1) is 23.1 Å². The van der Waals surface area contributed by atoms with Crippen molar-refractivity contribution in [1.82, 2.24) is 9.55 Å². The number of nitrogens with zero attached hydrogens (tertiary/aromatic N) is 2. The molecule has 0 bridgehead atoms. The predicted octanol–water partition coefficient (Wildman–Crippen LogP) is 4.90. The highest BCUT2D eigenvalue weighted by molar-refractivity contribution is 7.98. The Kier molecular flexibility index (Phi) is 6.41. The van der Waals surface area contributed by atoms with Crippen molar-refractivity contribution in [3.8, 4) is 0 Å². The number of thiazole rings is 1. The number of benzene rings is 2. The van der Waals surface area contributed by atoms with Gasteiger partial charge in [0.15, 0.2) is 0 Å². The summed E-state index contributed by atoms with van der Waals surface area (Å²) in [6.07, 6.45) is 1.76. The molecular formula is C23H19N3O2S2. The van der Waals surface area contributed by atoms with Crippen LogP contribution < -0.4 is 10.9 Å². The van der Waals surface area contributed by atoms with E-state index in [0.29, 0.717) is 17.8 Å². The first-order valence-corrected chi connectivity index (χ1v) is 11.3. The van der Waals surface area contributed by atoms with Crippen LogP contribution in [0.5, 0.6) is 0 Å². The van der Waals surface area contributed by atoms with E-state index in [1.807, 2.05) is 65.5 Å². The van der Waals surface area contributed by atoms with E-state index in [0.717, 1.165) is 21.9 Å². The Labute approximate surface area is 182 Å². The minimum Gasteiger partial charge on any atom is -0.322 e. The van der Waals surface area contributed by atoms with Crippen LogP contribution >= 0.6 is 23.1 Å². The first-order valence-electron chi connectivity index (χ1n) is 9.34. The summed E-state index contributed by atoms with van der Waals surface area (Å²) < 4.78 is 1.64. The molecule has 0 radical (unpaired) electrons. The maximum absolute atomic E-state index is 12.8. The van der Waals surface area contributed by atoms with Gasteiger partial charge in [-0.2, -0.15) is 0 Å². The van der Waals surface area contributed by atoms with Crippen molar-refractivity contribution < 1.29 is 4.79 Å². The third-order valence-electron chi connectivity index (χ3n) is 4.45. The van der Waals surface area contributed by atoms with Gasteiger partial charge in [0.2, 0.25) is 0 Å². The van der Waals surface area contributed by atoms with Crippen molar-refractivity contribution in [1.29, 1.82) is 0 Å². The summed E-state index contributed by atoms with van der Waals surface area (Å²) in [6, 6.07) is 20.2. The molecule has 0 unspecified atom stereocenters. The topological polar surface area (TPSA) is 64.0 Å². The van der Waals surface area contributed by atoms with Crippen LogP contribution in [0.4, 0.5) is 5.69 Å². The van der Waals surface area contributed by atoms with E-state index < -0.39 is 0 Å². The maximum atomic E-state index is 12.8. The van der Waals surface area contributed by atoms with Crippen LogP contribution in [-0.2, 0) is 12.3 Å². The zero-order chi connectivity index (χ0) is 20.8. The Morgan fingerprint density at radius 1 is 1.03 bits per heavy atom. The van der Waals surface area contributed by atoms with Gasteiger partial charge in [-0.05, 0) is 35.9 Å². The number of anilines is 1. The average molecular weight is 434 g/mol. The first kappa shape index (κ1) is 20.1. The number of rotatable bonds is 7. The predicted molar refractivity (Wildman–Crippen MR) is 122 cm³/mol. The fourth-order valence-electron chi connectivity index (χ4n) is 2.92. The second kappa shape index (κ2) is 9.56. The monoisotopic (exact) mass is 433 g/mol. The van der Waals surface area contributed by atoms with Crippen LogP contribution in [0.3, 0.4) is 0 Å². The van der Waals surface area contributed by atoms with Gasteiger partial charge in [0.05, 0.1) is 23.3 Å². The third-order valence-corrected chi connectivity index (χ3v) is 6.20. The number of thioether (sulfide) groups is 1. The number of nitrogens with one attached hydrogen (secondary N) is 1. The molecule has 1 N–H and O–H groups in total. The Bertz CT molecular complexity index is 1190. The number of amides is 1. The fourth-order valence-corrected chi connectivity index (χ4v) is 4.54. The molecule has 0 aliphatic heterocycles. The minimum absolute atomic E-state index is 0.0402. The lowest BCUT2D eigenvalue weighted by Gasteiger charge is -2.10. The van der Waals surface area contributed by atoms with Crippen molar-refractivity contribution in [2.45, 2.75) is 17.2 Å². The lowest BCUT2D eigenvalue weighted by molar-refractivity contribution is 0.102. The summed E-state index contributed by atoms with van der Waals surface area (Å²) in [5.41, 5.74) is 5.11. The van der Waals surface area contributed by atoms with Gasteiger partial charge in [0, 0.05) is 34.0 Å². The maximum Gasteiger partial charge on any atom is 0.256 e. The van der Waals surface area contributed by atoms with Gasteiger partial charge < -0.3 is 9.88 Å². The summed E-state index contributed by atoms with van der Waals surface area (Å²) >= 11 is 3.17. The van der Waals surface area contributed by atoms with E-state index in [1.165, 1.54) is 0 Å². The molecule has 5 nitrogen and oxygen atoms in total. The molecule has 0 fully saturated rings. The molecule has 150 valence electrons. The number of hydrogen-bond acceptors (Lipinski definition) is 5. The number of hydrogen-bond donors (Lipinski definition) is 1.